The average Bonchev–Trinajstić information content (AvgIpc) is 3.07. The van der Waals surface area contributed by atoms with Gasteiger partial charge in [-0.1, -0.05) is 36.4 Å². The van der Waals surface area contributed by atoms with Crippen LogP contribution in [0.1, 0.15) is 27.0 Å². The molecule has 0 bridgehead atoms. The number of carbonyl (C=O) groups excluding carboxylic acids is 2. The molecule has 24 heavy (non-hydrogen) atoms. The van der Waals surface area contributed by atoms with Gasteiger partial charge >= 0.3 is 0 Å². The molecule has 5 heteroatoms. The number of hydrogen-bond acceptors (Lipinski definition) is 3. The average molecular weight is 339 g/mol. The van der Waals surface area contributed by atoms with Crippen molar-refractivity contribution in [3.63, 3.8) is 0 Å². The van der Waals surface area contributed by atoms with Crippen LogP contribution in [0.4, 0.5) is 10.1 Å². The van der Waals surface area contributed by atoms with Gasteiger partial charge in [-0.3, -0.25) is 9.59 Å². The summed E-state index contributed by atoms with van der Waals surface area (Å²) < 4.78 is 13.6. The van der Waals surface area contributed by atoms with E-state index in [-0.39, 0.29) is 17.4 Å². The van der Waals surface area contributed by atoms with E-state index in [1.165, 1.54) is 30.4 Å². The van der Waals surface area contributed by atoms with Crippen LogP contribution in [0.15, 0.2) is 60.7 Å². The lowest BCUT2D eigenvalue weighted by Crippen LogP contribution is -2.11. The van der Waals surface area contributed by atoms with Gasteiger partial charge in [0.15, 0.2) is 5.78 Å². The molecule has 3 aromatic rings. The van der Waals surface area contributed by atoms with E-state index in [9.17, 15) is 14.0 Å². The highest BCUT2D eigenvalue weighted by Gasteiger charge is 2.12. The largest absolute Gasteiger partial charge is 0.319 e. The fraction of sp³-hybridized carbons (Fsp3) is 0.0526. The van der Waals surface area contributed by atoms with Crippen LogP contribution in [0.25, 0.3) is 10.4 Å². The van der Waals surface area contributed by atoms with Gasteiger partial charge in [0.25, 0.3) is 5.91 Å². The van der Waals surface area contributed by atoms with Crippen molar-refractivity contribution in [2.45, 2.75) is 6.92 Å². The van der Waals surface area contributed by atoms with Crippen LogP contribution >= 0.6 is 11.3 Å². The van der Waals surface area contributed by atoms with Crippen molar-refractivity contribution in [1.29, 1.82) is 0 Å². The molecule has 0 spiro atoms. The Morgan fingerprint density at radius 3 is 2.33 bits per heavy atom. The maximum absolute atomic E-state index is 13.6. The Hall–Kier alpha value is -2.79. The number of hydrogen-bond donors (Lipinski definition) is 1. The number of benzene rings is 2. The summed E-state index contributed by atoms with van der Waals surface area (Å²) >= 11 is 1.31. The lowest BCUT2D eigenvalue weighted by atomic mass is 10.1. The van der Waals surface area contributed by atoms with Gasteiger partial charge in [0.1, 0.15) is 5.82 Å². The number of nitrogens with one attached hydrogen (secondary N) is 1. The minimum Gasteiger partial charge on any atom is -0.319 e. The lowest BCUT2D eigenvalue weighted by molar-refractivity contribution is 0.101. The number of ketones is 1. The third-order valence-electron chi connectivity index (χ3n) is 3.53. The second-order valence-electron chi connectivity index (χ2n) is 5.23. The molecule has 0 aliphatic heterocycles. The van der Waals surface area contributed by atoms with E-state index in [1.807, 2.05) is 18.2 Å². The van der Waals surface area contributed by atoms with Crippen molar-refractivity contribution in [2.75, 3.05) is 5.32 Å². The van der Waals surface area contributed by atoms with Crippen LogP contribution in [0.5, 0.6) is 0 Å². The number of para-hydroxylation sites is 1. The highest BCUT2D eigenvalue weighted by molar-refractivity contribution is 7.17. The molecule has 3 nitrogen and oxygen atoms in total. The predicted molar refractivity (Wildman–Crippen MR) is 94.1 cm³/mol. The molecule has 1 N–H and O–H groups in total. The summed E-state index contributed by atoms with van der Waals surface area (Å²) in [5.41, 5.74) is 1.73. The van der Waals surface area contributed by atoms with E-state index in [0.717, 1.165) is 10.4 Å². The lowest BCUT2D eigenvalue weighted by Gasteiger charge is -2.04. The van der Waals surface area contributed by atoms with E-state index in [4.69, 9.17) is 0 Å². The van der Waals surface area contributed by atoms with Crippen molar-refractivity contribution in [1.82, 2.24) is 0 Å². The Morgan fingerprint density at radius 1 is 0.958 bits per heavy atom. The van der Waals surface area contributed by atoms with Gasteiger partial charge in [0.2, 0.25) is 0 Å². The second-order valence-corrected chi connectivity index (χ2v) is 6.32. The minimum atomic E-state index is -0.470. The molecule has 1 aromatic heterocycles. The number of Topliss-reactive ketones (excluding diaryl/α,β-unsaturated/α-hetero) is 1. The zero-order chi connectivity index (χ0) is 17.1. The molecule has 0 aliphatic rings. The molecular formula is C19H14FNO2S. The van der Waals surface area contributed by atoms with Gasteiger partial charge in [0, 0.05) is 10.4 Å². The molecule has 1 heterocycles. The standard InChI is InChI=1S/C19H14FNO2S/c1-12(22)13-6-8-14(9-7-13)17-10-11-18(24-17)19(23)21-16-5-3-2-4-15(16)20/h2-11H,1H3,(H,21,23). The van der Waals surface area contributed by atoms with E-state index in [0.29, 0.717) is 10.4 Å². The Bertz CT molecular complexity index is 900. The highest BCUT2D eigenvalue weighted by Crippen LogP contribution is 2.29. The zero-order valence-electron chi connectivity index (χ0n) is 12.9. The summed E-state index contributed by atoms with van der Waals surface area (Å²) in [6.45, 7) is 1.52. The summed E-state index contributed by atoms with van der Waals surface area (Å²) in [7, 11) is 0. The molecule has 0 fully saturated rings. The summed E-state index contributed by atoms with van der Waals surface area (Å²) in [5, 5.41) is 2.57. The zero-order valence-corrected chi connectivity index (χ0v) is 13.7. The van der Waals surface area contributed by atoms with Crippen LogP contribution in [0.3, 0.4) is 0 Å². The molecule has 0 aliphatic carbocycles. The topological polar surface area (TPSA) is 46.2 Å². The Balaban J connectivity index is 1.78. The van der Waals surface area contributed by atoms with Crippen molar-refractivity contribution in [3.8, 4) is 10.4 Å². The smallest absolute Gasteiger partial charge is 0.265 e. The van der Waals surface area contributed by atoms with Gasteiger partial charge in [-0.15, -0.1) is 11.3 Å². The molecule has 120 valence electrons. The van der Waals surface area contributed by atoms with E-state index in [2.05, 4.69) is 5.32 Å². The Morgan fingerprint density at radius 2 is 1.67 bits per heavy atom. The first-order chi connectivity index (χ1) is 11.5. The quantitative estimate of drug-likeness (QED) is 0.679. The first-order valence-corrected chi connectivity index (χ1v) is 8.13. The normalized spacial score (nSPS) is 10.4. The summed E-state index contributed by atoms with van der Waals surface area (Å²) in [5.74, 6) is -0.808. The fourth-order valence-electron chi connectivity index (χ4n) is 2.23. The molecule has 0 radical (unpaired) electrons. The van der Waals surface area contributed by atoms with Crippen molar-refractivity contribution in [2.24, 2.45) is 0 Å². The van der Waals surface area contributed by atoms with Gasteiger partial charge in [-0.25, -0.2) is 4.39 Å². The maximum Gasteiger partial charge on any atom is 0.265 e. The molecule has 0 unspecified atom stereocenters. The van der Waals surface area contributed by atoms with Gasteiger partial charge in [-0.2, -0.15) is 0 Å². The van der Waals surface area contributed by atoms with Crippen molar-refractivity contribution in [3.05, 3.63) is 76.9 Å². The number of anilines is 1. The molecule has 3 rings (SSSR count). The van der Waals surface area contributed by atoms with Crippen molar-refractivity contribution < 1.29 is 14.0 Å². The van der Waals surface area contributed by atoms with Crippen LogP contribution in [0, 0.1) is 5.82 Å². The van der Waals surface area contributed by atoms with Gasteiger partial charge < -0.3 is 5.32 Å². The summed E-state index contributed by atoms with van der Waals surface area (Å²) in [4.78, 5) is 24.9. The van der Waals surface area contributed by atoms with Gasteiger partial charge in [-0.05, 0) is 36.8 Å². The minimum absolute atomic E-state index is 0.0117. The third-order valence-corrected chi connectivity index (χ3v) is 4.66. The Kier molecular flexibility index (Phi) is 4.53. The third kappa shape index (κ3) is 3.41. The van der Waals surface area contributed by atoms with Crippen molar-refractivity contribution >= 4 is 28.7 Å². The molecule has 0 saturated heterocycles. The number of thiophene rings is 1. The molecular weight excluding hydrogens is 325 g/mol. The first-order valence-electron chi connectivity index (χ1n) is 7.31. The van der Waals surface area contributed by atoms with Crippen LogP contribution in [0.2, 0.25) is 0 Å². The number of amides is 1. The van der Waals surface area contributed by atoms with E-state index < -0.39 is 5.82 Å². The number of carbonyl (C=O) groups is 2. The maximum atomic E-state index is 13.6. The molecule has 2 aromatic carbocycles. The summed E-state index contributed by atoms with van der Waals surface area (Å²) in [6.07, 6.45) is 0. The van der Waals surface area contributed by atoms with Crippen LogP contribution in [-0.4, -0.2) is 11.7 Å². The highest BCUT2D eigenvalue weighted by atomic mass is 32.1. The van der Waals surface area contributed by atoms with E-state index in [1.54, 1.807) is 30.3 Å². The number of halogens is 1. The SMILES string of the molecule is CC(=O)c1ccc(-c2ccc(C(=O)Nc3ccccc3F)s2)cc1. The summed E-state index contributed by atoms with van der Waals surface area (Å²) in [6, 6.07) is 16.8. The monoisotopic (exact) mass is 339 g/mol. The van der Waals surface area contributed by atoms with Crippen LogP contribution < -0.4 is 5.32 Å². The first kappa shape index (κ1) is 16.1. The fourth-order valence-corrected chi connectivity index (χ4v) is 3.14. The van der Waals surface area contributed by atoms with Crippen LogP contribution in [-0.2, 0) is 0 Å². The van der Waals surface area contributed by atoms with Gasteiger partial charge in [0.05, 0.1) is 10.6 Å². The molecule has 0 atom stereocenters. The predicted octanol–water partition coefficient (Wildman–Crippen LogP) is 5.01. The van der Waals surface area contributed by atoms with E-state index >= 15 is 0 Å². The molecule has 1 amide bonds. The number of rotatable bonds is 4. The Labute approximate surface area is 142 Å². The molecule has 0 saturated carbocycles. The second kappa shape index (κ2) is 6.76.